The van der Waals surface area contributed by atoms with Crippen LogP contribution < -0.4 is 10.6 Å². The molecule has 2 aliphatic rings. The van der Waals surface area contributed by atoms with E-state index < -0.39 is 29.9 Å². The number of esters is 1. The van der Waals surface area contributed by atoms with E-state index in [0.29, 0.717) is 49.6 Å². The van der Waals surface area contributed by atoms with Crippen molar-refractivity contribution in [1.82, 2.24) is 10.2 Å². The number of piperidine rings is 1. The molecule has 2 aliphatic heterocycles. The first kappa shape index (κ1) is 37.5. The normalized spacial score (nSPS) is 22.2. The number of carbonyl (C=O) groups excluding carboxylic acids is 2. The van der Waals surface area contributed by atoms with Crippen molar-refractivity contribution in [3.8, 4) is 0 Å². The molecule has 274 valence electrons. The first-order valence-electron chi connectivity index (χ1n) is 17.6. The lowest BCUT2D eigenvalue weighted by atomic mass is 9.84. The molecule has 10 nitrogen and oxygen atoms in total. The van der Waals surface area contributed by atoms with Gasteiger partial charge in [0.05, 0.1) is 31.5 Å². The number of urea groups is 1. The summed E-state index contributed by atoms with van der Waals surface area (Å²) in [7, 11) is 1.29. The van der Waals surface area contributed by atoms with Crippen LogP contribution in [0.2, 0.25) is 5.02 Å². The summed E-state index contributed by atoms with van der Waals surface area (Å²) in [5, 5.41) is 27.3. The van der Waals surface area contributed by atoms with Gasteiger partial charge in [-0.3, -0.25) is 0 Å². The number of rotatable bonds is 11. The molecule has 2 saturated heterocycles. The summed E-state index contributed by atoms with van der Waals surface area (Å²) in [6.45, 7) is 4.16. The van der Waals surface area contributed by atoms with E-state index in [0.717, 1.165) is 27.8 Å². The molecular weight excluding hydrogens is 682 g/mol. The van der Waals surface area contributed by atoms with Gasteiger partial charge < -0.3 is 40.0 Å². The van der Waals surface area contributed by atoms with E-state index in [4.69, 9.17) is 25.8 Å². The quantitative estimate of drug-likeness (QED) is 0.129. The van der Waals surface area contributed by atoms with Crippen LogP contribution in [0.15, 0.2) is 103 Å². The highest BCUT2D eigenvalue weighted by atomic mass is 35.5. The second kappa shape index (κ2) is 17.0. The van der Waals surface area contributed by atoms with Crippen LogP contribution in [0.1, 0.15) is 60.0 Å². The number of methoxy groups -OCH3 is 1. The first-order valence-corrected chi connectivity index (χ1v) is 18.0. The van der Waals surface area contributed by atoms with E-state index in [2.05, 4.69) is 22.5 Å². The second-order valence-corrected chi connectivity index (χ2v) is 14.1. The molecule has 5 atom stereocenters. The Morgan fingerprint density at radius 1 is 0.904 bits per heavy atom. The Bertz CT molecular complexity index is 1770. The van der Waals surface area contributed by atoms with Gasteiger partial charge in [-0.05, 0) is 59.4 Å². The number of benzene rings is 4. The summed E-state index contributed by atoms with van der Waals surface area (Å²) in [5.41, 5.74) is 3.99. The third-order valence-corrected chi connectivity index (χ3v) is 10.4. The number of aliphatic hydroxyl groups is 2. The van der Waals surface area contributed by atoms with Gasteiger partial charge in [0.1, 0.15) is 6.04 Å². The van der Waals surface area contributed by atoms with Crippen molar-refractivity contribution in [1.29, 1.82) is 0 Å². The van der Waals surface area contributed by atoms with Crippen LogP contribution in [0.25, 0.3) is 0 Å². The number of aliphatic hydroxyl groups excluding tert-OH is 1. The Kier molecular flexibility index (Phi) is 12.3. The van der Waals surface area contributed by atoms with Crippen molar-refractivity contribution in [3.05, 3.63) is 136 Å². The molecule has 2 heterocycles. The van der Waals surface area contributed by atoms with Crippen molar-refractivity contribution < 1.29 is 34.0 Å². The molecule has 2 amide bonds. The number of halogens is 1. The molecular formula is C41H46ClN3O7. The maximum absolute atomic E-state index is 12.9. The monoisotopic (exact) mass is 727 g/mol. The topological polar surface area (TPSA) is 130 Å². The number of anilines is 1. The van der Waals surface area contributed by atoms with Crippen LogP contribution in [0, 0.1) is 5.92 Å². The molecule has 52 heavy (non-hydrogen) atoms. The Morgan fingerprint density at radius 2 is 1.56 bits per heavy atom. The molecule has 0 spiro atoms. The largest absolute Gasteiger partial charge is 0.467 e. The summed E-state index contributed by atoms with van der Waals surface area (Å²) in [6.07, 6.45) is 0.326. The highest BCUT2D eigenvalue weighted by Gasteiger charge is 2.41. The third kappa shape index (κ3) is 9.19. The van der Waals surface area contributed by atoms with E-state index >= 15 is 0 Å². The molecule has 0 unspecified atom stereocenters. The van der Waals surface area contributed by atoms with E-state index in [1.165, 1.54) is 7.11 Å². The smallest absolute Gasteiger partial charge is 0.328 e. The summed E-state index contributed by atoms with van der Waals surface area (Å²) >= 11 is 6.09. The Hall–Kier alpha value is -4.29. The number of nitrogens with one attached hydrogen (secondary N) is 2. The predicted octanol–water partition coefficient (Wildman–Crippen LogP) is 6.51. The van der Waals surface area contributed by atoms with Crippen molar-refractivity contribution in [2.45, 2.75) is 62.9 Å². The molecule has 4 aromatic rings. The second-order valence-electron chi connectivity index (χ2n) is 13.6. The fraction of sp³-hybridized carbons (Fsp3) is 0.366. The fourth-order valence-electron chi connectivity index (χ4n) is 6.97. The average molecular weight is 728 g/mol. The molecule has 0 aliphatic carbocycles. The van der Waals surface area contributed by atoms with Crippen molar-refractivity contribution in [2.24, 2.45) is 5.92 Å². The van der Waals surface area contributed by atoms with Crippen LogP contribution in [0.4, 0.5) is 10.5 Å². The van der Waals surface area contributed by atoms with E-state index in [9.17, 15) is 19.8 Å². The zero-order chi connectivity index (χ0) is 36.7. The molecule has 0 aromatic heterocycles. The number of hydrogen-bond donors (Lipinski definition) is 4. The minimum Gasteiger partial charge on any atom is -0.467 e. The zero-order valence-corrected chi connectivity index (χ0v) is 30.2. The van der Waals surface area contributed by atoms with Gasteiger partial charge in [-0.15, -0.1) is 0 Å². The van der Waals surface area contributed by atoms with E-state index in [1.807, 2.05) is 91.0 Å². The molecule has 0 bridgehead atoms. The lowest BCUT2D eigenvalue weighted by Crippen LogP contribution is -2.49. The fourth-order valence-corrected chi connectivity index (χ4v) is 7.10. The zero-order valence-electron chi connectivity index (χ0n) is 29.4. The number of amides is 2. The maximum atomic E-state index is 12.9. The number of nitrogens with zero attached hydrogens (tertiary/aromatic N) is 1. The van der Waals surface area contributed by atoms with Crippen LogP contribution in [0.5, 0.6) is 0 Å². The molecule has 2 fully saturated rings. The molecule has 4 N–H and O–H groups in total. The van der Waals surface area contributed by atoms with Crippen LogP contribution in [0.3, 0.4) is 0 Å². The van der Waals surface area contributed by atoms with E-state index in [1.54, 1.807) is 12.1 Å². The van der Waals surface area contributed by atoms with Gasteiger partial charge in [-0.1, -0.05) is 97.4 Å². The summed E-state index contributed by atoms with van der Waals surface area (Å²) in [6, 6.07) is 30.5. The van der Waals surface area contributed by atoms with E-state index in [-0.39, 0.29) is 24.7 Å². The highest BCUT2D eigenvalue weighted by Crippen LogP contribution is 2.43. The number of ether oxygens (including phenoxy) is 3. The molecule has 0 saturated carbocycles. The summed E-state index contributed by atoms with van der Waals surface area (Å²) < 4.78 is 18.2. The average Bonchev–Trinajstić information content (AvgIpc) is 3.17. The lowest BCUT2D eigenvalue weighted by molar-refractivity contribution is -0.277. The van der Waals surface area contributed by atoms with Crippen LogP contribution in [-0.2, 0) is 37.6 Å². The van der Waals surface area contributed by atoms with Gasteiger partial charge in [0, 0.05) is 48.2 Å². The van der Waals surface area contributed by atoms with Gasteiger partial charge in [-0.25, -0.2) is 9.59 Å². The van der Waals surface area contributed by atoms with Gasteiger partial charge in [0.15, 0.2) is 6.29 Å². The van der Waals surface area contributed by atoms with Crippen LogP contribution in [-0.4, -0.2) is 66.0 Å². The SMILES string of the molecule is COC(=O)[C@H](Cc1ccccc1)NC(=O)Nc1ccc([C@H]2O[C@@H](CN3CCC(O)(c4ccc(Cl)cc4)CC3)[C@@H](C)[C@@H](c3ccc(CO)cc3)O2)cc1. The minimum atomic E-state index is -0.905. The molecule has 4 aromatic carbocycles. The van der Waals surface area contributed by atoms with Gasteiger partial charge >= 0.3 is 12.0 Å². The Labute approximate surface area is 309 Å². The maximum Gasteiger partial charge on any atom is 0.328 e. The predicted molar refractivity (Wildman–Crippen MR) is 199 cm³/mol. The Morgan fingerprint density at radius 3 is 2.19 bits per heavy atom. The van der Waals surface area contributed by atoms with Gasteiger partial charge in [0.25, 0.3) is 0 Å². The molecule has 6 rings (SSSR count). The van der Waals surface area contributed by atoms with Crippen LogP contribution >= 0.6 is 11.6 Å². The first-order chi connectivity index (χ1) is 25.1. The molecule has 11 heteroatoms. The molecule has 0 radical (unpaired) electrons. The van der Waals surface area contributed by atoms with Crippen molar-refractivity contribution >= 4 is 29.3 Å². The number of likely N-dealkylation sites (tertiary alicyclic amines) is 1. The Balaban J connectivity index is 1.13. The summed E-state index contributed by atoms with van der Waals surface area (Å²) in [5.74, 6) is -0.538. The number of carbonyl (C=O) groups is 2. The van der Waals surface area contributed by atoms with Crippen molar-refractivity contribution in [3.63, 3.8) is 0 Å². The lowest BCUT2D eigenvalue weighted by Gasteiger charge is -2.45. The highest BCUT2D eigenvalue weighted by molar-refractivity contribution is 6.30. The minimum absolute atomic E-state index is 0.00317. The van der Waals surface area contributed by atoms with Gasteiger partial charge in [0.2, 0.25) is 0 Å². The number of hydrogen-bond acceptors (Lipinski definition) is 8. The standard InChI is InChI=1S/C41H46ClN3O7/c1-27-36(25-45-22-20-41(49,21-23-45)32-14-16-33(42)17-15-32)51-39(52-37(27)30-10-8-29(26-46)9-11-30)31-12-18-34(19-13-31)43-40(48)44-35(38(47)50-2)24-28-6-4-3-5-7-28/h3-19,27,35-37,39,46,49H,20-26H2,1-2H3,(H2,43,44,48)/t27-,35+,36+,37+,39+/m1/s1. The summed E-state index contributed by atoms with van der Waals surface area (Å²) in [4.78, 5) is 27.7. The van der Waals surface area contributed by atoms with Crippen molar-refractivity contribution in [2.75, 3.05) is 32.1 Å². The third-order valence-electron chi connectivity index (χ3n) is 10.1. The van der Waals surface area contributed by atoms with Gasteiger partial charge in [-0.2, -0.15) is 0 Å².